The predicted molar refractivity (Wildman–Crippen MR) is 104 cm³/mol. The standard InChI is InChI=1S/C22H27NO3/c1-25-21-12-9-18(10-13-21)8-11-19-6-2-3-7-22(19)26-17-20(24)16-23-14-4-5-15-23/h2-7,9-10,12-13,20,24H,8,11,14-17H2,1H3/t20-/m0/s1. The molecule has 0 unspecified atom stereocenters. The molecule has 26 heavy (non-hydrogen) atoms. The molecule has 1 aliphatic rings. The lowest BCUT2D eigenvalue weighted by atomic mass is 10.0. The summed E-state index contributed by atoms with van der Waals surface area (Å²) < 4.78 is 11.1. The molecule has 1 heterocycles. The molecule has 3 rings (SSSR count). The van der Waals surface area contributed by atoms with E-state index in [9.17, 15) is 5.11 Å². The molecular formula is C22H27NO3. The van der Waals surface area contributed by atoms with Crippen LogP contribution >= 0.6 is 0 Å². The fraction of sp³-hybridized carbons (Fsp3) is 0.364. The van der Waals surface area contributed by atoms with Gasteiger partial charge in [-0.1, -0.05) is 42.5 Å². The van der Waals surface area contributed by atoms with Crippen LogP contribution in [0.1, 0.15) is 11.1 Å². The molecule has 4 heteroatoms. The molecule has 1 aliphatic heterocycles. The smallest absolute Gasteiger partial charge is 0.122 e. The molecule has 0 aromatic heterocycles. The van der Waals surface area contributed by atoms with Crippen LogP contribution in [0.5, 0.6) is 11.5 Å². The van der Waals surface area contributed by atoms with Gasteiger partial charge in [0.05, 0.1) is 7.11 Å². The summed E-state index contributed by atoms with van der Waals surface area (Å²) in [6, 6.07) is 16.2. The number of hydrogen-bond acceptors (Lipinski definition) is 4. The second-order valence-electron chi connectivity index (χ2n) is 6.61. The van der Waals surface area contributed by atoms with Crippen molar-refractivity contribution >= 4 is 0 Å². The largest absolute Gasteiger partial charge is 0.497 e. The Morgan fingerprint density at radius 1 is 1.00 bits per heavy atom. The van der Waals surface area contributed by atoms with E-state index in [-0.39, 0.29) is 0 Å². The molecule has 0 radical (unpaired) electrons. The molecular weight excluding hydrogens is 326 g/mol. The Hall–Kier alpha value is -2.30. The van der Waals surface area contributed by atoms with Crippen LogP contribution in [0, 0.1) is 0 Å². The highest BCUT2D eigenvalue weighted by molar-refractivity contribution is 5.35. The second-order valence-corrected chi connectivity index (χ2v) is 6.61. The molecule has 0 saturated heterocycles. The van der Waals surface area contributed by atoms with Crippen molar-refractivity contribution in [2.45, 2.75) is 18.9 Å². The van der Waals surface area contributed by atoms with Crippen molar-refractivity contribution < 1.29 is 14.6 Å². The Balaban J connectivity index is 1.51. The molecule has 0 aliphatic carbocycles. The maximum Gasteiger partial charge on any atom is 0.122 e. The first-order chi connectivity index (χ1) is 12.7. The number of aryl methyl sites for hydroxylation is 2. The second kappa shape index (κ2) is 9.41. The van der Waals surface area contributed by atoms with Crippen molar-refractivity contribution in [1.82, 2.24) is 4.90 Å². The van der Waals surface area contributed by atoms with Crippen LogP contribution in [0.2, 0.25) is 0 Å². The Kier molecular flexibility index (Phi) is 6.69. The van der Waals surface area contributed by atoms with Crippen molar-refractivity contribution in [3.05, 3.63) is 71.8 Å². The minimum atomic E-state index is -0.482. The Morgan fingerprint density at radius 2 is 1.73 bits per heavy atom. The van der Waals surface area contributed by atoms with Gasteiger partial charge in [-0.25, -0.2) is 0 Å². The van der Waals surface area contributed by atoms with E-state index in [0.29, 0.717) is 13.2 Å². The lowest BCUT2D eigenvalue weighted by molar-refractivity contribution is 0.0770. The quantitative estimate of drug-likeness (QED) is 0.704. The van der Waals surface area contributed by atoms with Crippen LogP contribution < -0.4 is 9.47 Å². The average Bonchev–Trinajstić information content (AvgIpc) is 3.18. The Labute approximate surface area is 155 Å². The summed E-state index contributed by atoms with van der Waals surface area (Å²) in [7, 11) is 1.68. The van der Waals surface area contributed by atoms with E-state index in [1.807, 2.05) is 30.3 Å². The van der Waals surface area contributed by atoms with Gasteiger partial charge in [0.2, 0.25) is 0 Å². The molecule has 0 fully saturated rings. The third-order valence-corrected chi connectivity index (χ3v) is 4.61. The molecule has 0 saturated carbocycles. The van der Waals surface area contributed by atoms with Crippen LogP contribution in [0.4, 0.5) is 0 Å². The number of para-hydroxylation sites is 1. The lowest BCUT2D eigenvalue weighted by Gasteiger charge is -2.20. The van der Waals surface area contributed by atoms with E-state index < -0.39 is 6.10 Å². The van der Waals surface area contributed by atoms with Gasteiger partial charge in [0.15, 0.2) is 0 Å². The number of benzene rings is 2. The minimum absolute atomic E-state index is 0.316. The summed E-state index contributed by atoms with van der Waals surface area (Å²) in [6.07, 6.45) is 5.61. The van der Waals surface area contributed by atoms with Gasteiger partial charge in [-0.05, 0) is 42.2 Å². The average molecular weight is 353 g/mol. The first-order valence-corrected chi connectivity index (χ1v) is 9.13. The molecule has 2 aromatic rings. The molecule has 138 valence electrons. The number of β-amino-alcohol motifs (C(OH)–C–C–N with tert-alkyl or cyclic N) is 1. The van der Waals surface area contributed by atoms with Gasteiger partial charge in [0.25, 0.3) is 0 Å². The van der Waals surface area contributed by atoms with Crippen molar-refractivity contribution in [3.8, 4) is 11.5 Å². The fourth-order valence-electron chi connectivity index (χ4n) is 3.13. The van der Waals surface area contributed by atoms with Crippen molar-refractivity contribution in [2.24, 2.45) is 0 Å². The van der Waals surface area contributed by atoms with E-state index >= 15 is 0 Å². The highest BCUT2D eigenvalue weighted by Crippen LogP contribution is 2.21. The van der Waals surface area contributed by atoms with E-state index in [1.165, 1.54) is 11.1 Å². The molecule has 4 nitrogen and oxygen atoms in total. The number of aliphatic hydroxyl groups excluding tert-OH is 1. The lowest BCUT2D eigenvalue weighted by Crippen LogP contribution is -2.34. The number of aliphatic hydroxyl groups is 1. The number of ether oxygens (including phenoxy) is 2. The van der Waals surface area contributed by atoms with E-state index in [4.69, 9.17) is 9.47 Å². The summed E-state index contributed by atoms with van der Waals surface area (Å²) in [5.74, 6) is 1.74. The normalized spacial score (nSPS) is 15.2. The van der Waals surface area contributed by atoms with Crippen LogP contribution in [0.25, 0.3) is 0 Å². The third-order valence-electron chi connectivity index (χ3n) is 4.61. The number of methoxy groups -OCH3 is 1. The zero-order valence-electron chi connectivity index (χ0n) is 15.3. The van der Waals surface area contributed by atoms with Gasteiger partial charge in [0.1, 0.15) is 24.2 Å². The van der Waals surface area contributed by atoms with Gasteiger partial charge in [-0.3, -0.25) is 4.90 Å². The maximum atomic E-state index is 10.2. The molecule has 0 amide bonds. The van der Waals surface area contributed by atoms with Gasteiger partial charge in [0, 0.05) is 19.6 Å². The first-order valence-electron chi connectivity index (χ1n) is 9.13. The van der Waals surface area contributed by atoms with E-state index in [1.54, 1.807) is 7.11 Å². The van der Waals surface area contributed by atoms with Crippen LogP contribution in [0.15, 0.2) is 60.7 Å². The summed E-state index contributed by atoms with van der Waals surface area (Å²) >= 11 is 0. The van der Waals surface area contributed by atoms with Gasteiger partial charge in [-0.2, -0.15) is 0 Å². The first kappa shape index (κ1) is 18.5. The fourth-order valence-corrected chi connectivity index (χ4v) is 3.13. The third kappa shape index (κ3) is 5.35. The van der Waals surface area contributed by atoms with Crippen molar-refractivity contribution in [2.75, 3.05) is 33.4 Å². The van der Waals surface area contributed by atoms with Crippen LogP contribution in [0.3, 0.4) is 0 Å². The number of nitrogens with zero attached hydrogens (tertiary/aromatic N) is 1. The van der Waals surface area contributed by atoms with Gasteiger partial charge < -0.3 is 14.6 Å². The maximum absolute atomic E-state index is 10.2. The summed E-state index contributed by atoms with van der Waals surface area (Å²) in [5.41, 5.74) is 2.43. The summed E-state index contributed by atoms with van der Waals surface area (Å²) in [6.45, 7) is 2.78. The SMILES string of the molecule is COc1ccc(CCc2ccccc2OC[C@@H](O)CN2CC=CC2)cc1. The van der Waals surface area contributed by atoms with Crippen LogP contribution in [-0.2, 0) is 12.8 Å². The molecule has 1 atom stereocenters. The predicted octanol–water partition coefficient (Wildman–Crippen LogP) is 3.09. The van der Waals surface area contributed by atoms with Crippen LogP contribution in [-0.4, -0.2) is 49.5 Å². The van der Waals surface area contributed by atoms with Gasteiger partial charge >= 0.3 is 0 Å². The zero-order chi connectivity index (χ0) is 18.2. The highest BCUT2D eigenvalue weighted by atomic mass is 16.5. The monoisotopic (exact) mass is 353 g/mol. The molecule has 0 bridgehead atoms. The van der Waals surface area contributed by atoms with Crippen molar-refractivity contribution in [1.29, 1.82) is 0 Å². The zero-order valence-corrected chi connectivity index (χ0v) is 15.3. The van der Waals surface area contributed by atoms with E-state index in [0.717, 1.165) is 37.4 Å². The van der Waals surface area contributed by atoms with Gasteiger partial charge in [-0.15, -0.1) is 0 Å². The van der Waals surface area contributed by atoms with E-state index in [2.05, 4.69) is 35.3 Å². The van der Waals surface area contributed by atoms with Crippen molar-refractivity contribution in [3.63, 3.8) is 0 Å². The minimum Gasteiger partial charge on any atom is -0.497 e. The highest BCUT2D eigenvalue weighted by Gasteiger charge is 2.14. The molecule has 2 aromatic carbocycles. The topological polar surface area (TPSA) is 41.9 Å². The Morgan fingerprint density at radius 3 is 2.46 bits per heavy atom. The number of hydrogen-bond donors (Lipinski definition) is 1. The summed E-state index contributed by atoms with van der Waals surface area (Å²) in [4.78, 5) is 2.20. The number of rotatable bonds is 9. The molecule has 0 spiro atoms. The summed E-state index contributed by atoms with van der Waals surface area (Å²) in [5, 5.41) is 10.2. The molecule has 1 N–H and O–H groups in total. The Bertz CT molecular complexity index is 704.